The summed E-state index contributed by atoms with van der Waals surface area (Å²) in [6.07, 6.45) is 1.48. The number of nitrogens with one attached hydrogen (secondary N) is 2. The minimum absolute atomic E-state index is 0.127. The zero-order valence-corrected chi connectivity index (χ0v) is 13.1. The van der Waals surface area contributed by atoms with Crippen LogP contribution in [-0.2, 0) is 4.79 Å². The minimum Gasteiger partial charge on any atom is -0.463 e. The lowest BCUT2D eigenvalue weighted by Gasteiger charge is -2.15. The van der Waals surface area contributed by atoms with E-state index in [1.165, 1.54) is 12.3 Å². The van der Waals surface area contributed by atoms with E-state index in [1.807, 2.05) is 0 Å². The van der Waals surface area contributed by atoms with Crippen molar-refractivity contribution in [3.8, 4) is 11.5 Å². The maximum absolute atomic E-state index is 12.4. The fourth-order valence-corrected chi connectivity index (χ4v) is 2.40. The average Bonchev–Trinajstić information content (AvgIpc) is 3.14. The molecule has 2 aromatic heterocycles. The first-order valence-electron chi connectivity index (χ1n) is 7.48. The van der Waals surface area contributed by atoms with Crippen LogP contribution < -0.4 is 16.6 Å². The Labute approximate surface area is 142 Å². The van der Waals surface area contributed by atoms with E-state index in [-0.39, 0.29) is 5.56 Å². The smallest absolute Gasteiger partial charge is 0.261 e. The van der Waals surface area contributed by atoms with Crippen molar-refractivity contribution in [3.05, 3.63) is 82.3 Å². The van der Waals surface area contributed by atoms with Crippen molar-refractivity contribution in [3.63, 3.8) is 0 Å². The second-order valence-electron chi connectivity index (χ2n) is 5.31. The van der Waals surface area contributed by atoms with Crippen molar-refractivity contribution in [1.82, 2.24) is 10.3 Å². The molecule has 0 fully saturated rings. The first-order chi connectivity index (χ1) is 12.1. The number of hydrogen-bond acceptors (Lipinski definition) is 4. The van der Waals surface area contributed by atoms with Crippen molar-refractivity contribution in [1.29, 1.82) is 0 Å². The molecule has 0 radical (unpaired) electrons. The number of amides is 2. The number of aromatic nitrogens is 1. The van der Waals surface area contributed by atoms with E-state index in [1.54, 1.807) is 48.5 Å². The molecule has 0 saturated carbocycles. The van der Waals surface area contributed by atoms with Gasteiger partial charge in [0.25, 0.3) is 11.5 Å². The molecule has 0 aliphatic rings. The lowest BCUT2D eigenvalue weighted by atomic mass is 10.1. The van der Waals surface area contributed by atoms with Gasteiger partial charge in [0, 0.05) is 0 Å². The van der Waals surface area contributed by atoms with Crippen LogP contribution in [0.1, 0.15) is 22.0 Å². The van der Waals surface area contributed by atoms with Crippen molar-refractivity contribution in [2.75, 3.05) is 0 Å². The lowest BCUT2D eigenvalue weighted by Crippen LogP contribution is -2.39. The first-order valence-corrected chi connectivity index (χ1v) is 7.48. The van der Waals surface area contributed by atoms with E-state index < -0.39 is 23.4 Å². The molecule has 2 heterocycles. The van der Waals surface area contributed by atoms with Gasteiger partial charge in [-0.2, -0.15) is 0 Å². The molecule has 0 unspecified atom stereocenters. The number of primary amides is 1. The fourth-order valence-electron chi connectivity index (χ4n) is 2.40. The van der Waals surface area contributed by atoms with Gasteiger partial charge in [-0.25, -0.2) is 0 Å². The first kappa shape index (κ1) is 16.3. The van der Waals surface area contributed by atoms with Gasteiger partial charge >= 0.3 is 0 Å². The number of furan rings is 1. The molecule has 0 spiro atoms. The number of rotatable bonds is 5. The third-order valence-corrected chi connectivity index (χ3v) is 3.63. The quantitative estimate of drug-likeness (QED) is 0.655. The molecule has 126 valence electrons. The maximum Gasteiger partial charge on any atom is 0.261 e. The van der Waals surface area contributed by atoms with Crippen LogP contribution in [0.2, 0.25) is 0 Å². The van der Waals surface area contributed by atoms with E-state index in [0.29, 0.717) is 17.0 Å². The number of aromatic amines is 1. The van der Waals surface area contributed by atoms with Crippen LogP contribution in [0.4, 0.5) is 0 Å². The van der Waals surface area contributed by atoms with E-state index in [9.17, 15) is 14.4 Å². The average molecular weight is 337 g/mol. The third kappa shape index (κ3) is 3.50. The van der Waals surface area contributed by atoms with Crippen LogP contribution in [0.5, 0.6) is 0 Å². The summed E-state index contributed by atoms with van der Waals surface area (Å²) < 4.78 is 5.20. The van der Waals surface area contributed by atoms with Crippen LogP contribution in [0.3, 0.4) is 0 Å². The molecule has 0 bridgehead atoms. The topological polar surface area (TPSA) is 118 Å². The Morgan fingerprint density at radius 1 is 1.04 bits per heavy atom. The molecule has 4 N–H and O–H groups in total. The lowest BCUT2D eigenvalue weighted by molar-refractivity contribution is -0.120. The Hall–Kier alpha value is -3.61. The molecule has 7 nitrogen and oxygen atoms in total. The summed E-state index contributed by atoms with van der Waals surface area (Å²) in [5.41, 5.74) is 5.63. The molecule has 1 aromatic carbocycles. The van der Waals surface area contributed by atoms with Gasteiger partial charge in [0.2, 0.25) is 5.91 Å². The number of benzene rings is 1. The summed E-state index contributed by atoms with van der Waals surface area (Å²) in [7, 11) is 0. The van der Waals surface area contributed by atoms with E-state index in [0.717, 1.165) is 0 Å². The number of hydrogen-bond donors (Lipinski definition) is 3. The molecule has 3 aromatic rings. The number of H-pyrrole nitrogens is 1. The summed E-state index contributed by atoms with van der Waals surface area (Å²) >= 11 is 0. The van der Waals surface area contributed by atoms with Gasteiger partial charge in [-0.15, -0.1) is 0 Å². The molecular weight excluding hydrogens is 322 g/mol. The summed E-state index contributed by atoms with van der Waals surface area (Å²) in [6.45, 7) is 0. The van der Waals surface area contributed by atoms with Crippen LogP contribution in [-0.4, -0.2) is 16.8 Å². The molecule has 0 saturated heterocycles. The van der Waals surface area contributed by atoms with Gasteiger partial charge in [-0.1, -0.05) is 30.3 Å². The van der Waals surface area contributed by atoms with Crippen molar-refractivity contribution < 1.29 is 14.0 Å². The Morgan fingerprint density at radius 2 is 1.80 bits per heavy atom. The van der Waals surface area contributed by atoms with Crippen molar-refractivity contribution in [2.45, 2.75) is 6.04 Å². The number of carbonyl (C=O) groups is 2. The SMILES string of the molecule is NC(=O)[C@@H](NC(=O)c1ccc(-c2ccco2)[nH]c1=O)c1ccccc1. The normalized spacial score (nSPS) is 11.7. The van der Waals surface area contributed by atoms with Gasteiger partial charge in [-0.3, -0.25) is 14.4 Å². The van der Waals surface area contributed by atoms with Gasteiger partial charge in [-0.05, 0) is 29.8 Å². The van der Waals surface area contributed by atoms with E-state index in [2.05, 4.69) is 10.3 Å². The van der Waals surface area contributed by atoms with E-state index in [4.69, 9.17) is 10.2 Å². The molecule has 3 rings (SSSR count). The Bertz CT molecular complexity index is 946. The maximum atomic E-state index is 12.4. The standard InChI is InChI=1S/C18H15N3O4/c19-16(22)15(11-5-2-1-3-6-11)21-18(24)12-8-9-13(20-17(12)23)14-7-4-10-25-14/h1-10,15H,(H2,19,22)(H,20,23)(H,21,24)/t15-/m0/s1. The minimum atomic E-state index is -1.03. The molecule has 25 heavy (non-hydrogen) atoms. The highest BCUT2D eigenvalue weighted by atomic mass is 16.3. The second kappa shape index (κ2) is 6.88. The summed E-state index contributed by atoms with van der Waals surface area (Å²) in [6, 6.07) is 13.8. The number of nitrogens with two attached hydrogens (primary N) is 1. The molecule has 1 atom stereocenters. The molecule has 0 aliphatic heterocycles. The monoisotopic (exact) mass is 337 g/mol. The number of pyridine rings is 1. The zero-order valence-electron chi connectivity index (χ0n) is 13.1. The second-order valence-corrected chi connectivity index (χ2v) is 5.31. The van der Waals surface area contributed by atoms with Crippen LogP contribution in [0.25, 0.3) is 11.5 Å². The van der Waals surface area contributed by atoms with Gasteiger partial charge < -0.3 is 20.5 Å². The highest BCUT2D eigenvalue weighted by molar-refractivity contribution is 5.97. The van der Waals surface area contributed by atoms with Crippen LogP contribution in [0.15, 0.2) is 70.1 Å². The van der Waals surface area contributed by atoms with Gasteiger partial charge in [0.05, 0.1) is 12.0 Å². The highest BCUT2D eigenvalue weighted by Gasteiger charge is 2.22. The molecule has 2 amide bonds. The predicted octanol–water partition coefficient (Wildman–Crippen LogP) is 1.59. The summed E-state index contributed by atoms with van der Waals surface area (Å²) in [5.74, 6) is -0.938. The predicted molar refractivity (Wildman–Crippen MR) is 90.6 cm³/mol. The molecule has 0 aliphatic carbocycles. The van der Waals surface area contributed by atoms with Gasteiger partial charge in [0.1, 0.15) is 17.4 Å². The Morgan fingerprint density at radius 3 is 2.40 bits per heavy atom. The third-order valence-electron chi connectivity index (χ3n) is 3.63. The summed E-state index contributed by atoms with van der Waals surface area (Å²) in [4.78, 5) is 38.8. The van der Waals surface area contributed by atoms with Crippen LogP contribution in [0, 0.1) is 0 Å². The van der Waals surface area contributed by atoms with E-state index >= 15 is 0 Å². The van der Waals surface area contributed by atoms with Gasteiger partial charge in [0.15, 0.2) is 0 Å². The highest BCUT2D eigenvalue weighted by Crippen LogP contribution is 2.16. The van der Waals surface area contributed by atoms with Crippen LogP contribution >= 0.6 is 0 Å². The fraction of sp³-hybridized carbons (Fsp3) is 0.0556. The molecule has 7 heteroatoms. The molecular formula is C18H15N3O4. The van der Waals surface area contributed by atoms with Crippen molar-refractivity contribution in [2.24, 2.45) is 5.73 Å². The Balaban J connectivity index is 1.85. The Kier molecular flexibility index (Phi) is 4.47. The zero-order chi connectivity index (χ0) is 17.8. The largest absolute Gasteiger partial charge is 0.463 e. The van der Waals surface area contributed by atoms with Crippen molar-refractivity contribution >= 4 is 11.8 Å². The summed E-state index contributed by atoms with van der Waals surface area (Å²) in [5, 5.41) is 2.49. The number of carbonyl (C=O) groups excluding carboxylic acids is 2.